The van der Waals surface area contributed by atoms with Crippen molar-refractivity contribution in [3.8, 4) is 18.0 Å². The molecule has 0 aliphatic carbocycles. The summed E-state index contributed by atoms with van der Waals surface area (Å²) in [6.45, 7) is 2.37. The standard InChI is InChI=1S/C16H16ClN3O2/c1-3-8-22-9-7-16(21)19-15-11-18-20(12(15)2)14-6-4-5-13(17)10-14/h1,4-6,10-11H,7-9H2,2H3,(H,19,21). The van der Waals surface area contributed by atoms with E-state index in [1.165, 1.54) is 0 Å². The highest BCUT2D eigenvalue weighted by Gasteiger charge is 2.11. The van der Waals surface area contributed by atoms with E-state index in [1.54, 1.807) is 23.0 Å². The van der Waals surface area contributed by atoms with Crippen LogP contribution in [-0.2, 0) is 9.53 Å². The average molecular weight is 318 g/mol. The van der Waals surface area contributed by atoms with Crippen LogP contribution in [0.2, 0.25) is 5.02 Å². The van der Waals surface area contributed by atoms with Crippen molar-refractivity contribution in [1.29, 1.82) is 0 Å². The van der Waals surface area contributed by atoms with Crippen molar-refractivity contribution < 1.29 is 9.53 Å². The maximum atomic E-state index is 11.8. The van der Waals surface area contributed by atoms with Crippen molar-refractivity contribution >= 4 is 23.2 Å². The van der Waals surface area contributed by atoms with Crippen molar-refractivity contribution in [2.75, 3.05) is 18.5 Å². The summed E-state index contributed by atoms with van der Waals surface area (Å²) in [7, 11) is 0. The summed E-state index contributed by atoms with van der Waals surface area (Å²) >= 11 is 5.98. The molecule has 0 fully saturated rings. The van der Waals surface area contributed by atoms with Crippen LogP contribution >= 0.6 is 11.6 Å². The van der Waals surface area contributed by atoms with Crippen molar-refractivity contribution in [2.45, 2.75) is 13.3 Å². The van der Waals surface area contributed by atoms with Gasteiger partial charge in [-0.15, -0.1) is 6.42 Å². The van der Waals surface area contributed by atoms with E-state index >= 15 is 0 Å². The molecule has 0 aliphatic heterocycles. The van der Waals surface area contributed by atoms with Crippen LogP contribution in [-0.4, -0.2) is 28.9 Å². The van der Waals surface area contributed by atoms with Gasteiger partial charge in [-0.3, -0.25) is 4.79 Å². The molecule has 0 unspecified atom stereocenters. The molecule has 114 valence electrons. The third kappa shape index (κ3) is 4.10. The molecule has 0 atom stereocenters. The van der Waals surface area contributed by atoms with Gasteiger partial charge in [-0.2, -0.15) is 5.10 Å². The first-order valence-corrected chi connectivity index (χ1v) is 7.11. The minimum Gasteiger partial charge on any atom is -0.368 e. The van der Waals surface area contributed by atoms with Crippen molar-refractivity contribution in [2.24, 2.45) is 0 Å². The Bertz CT molecular complexity index is 704. The first-order chi connectivity index (χ1) is 10.6. The molecule has 2 aromatic rings. The van der Waals surface area contributed by atoms with Crippen LogP contribution < -0.4 is 5.32 Å². The van der Waals surface area contributed by atoms with Crippen LogP contribution in [0.5, 0.6) is 0 Å². The first-order valence-electron chi connectivity index (χ1n) is 6.73. The fraction of sp³-hybridized carbons (Fsp3) is 0.250. The van der Waals surface area contributed by atoms with Crippen LogP contribution in [0.15, 0.2) is 30.5 Å². The fourth-order valence-corrected chi connectivity index (χ4v) is 2.09. The van der Waals surface area contributed by atoms with E-state index in [4.69, 9.17) is 22.8 Å². The SMILES string of the molecule is C#CCOCCC(=O)Nc1cnn(-c2cccc(Cl)c2)c1C. The Labute approximate surface area is 134 Å². The summed E-state index contributed by atoms with van der Waals surface area (Å²) in [4.78, 5) is 11.8. The highest BCUT2D eigenvalue weighted by atomic mass is 35.5. The van der Waals surface area contributed by atoms with Gasteiger partial charge in [0.1, 0.15) is 6.61 Å². The molecule has 6 heteroatoms. The summed E-state index contributed by atoms with van der Waals surface area (Å²) in [6.07, 6.45) is 6.91. The van der Waals surface area contributed by atoms with E-state index in [0.717, 1.165) is 11.4 Å². The molecular weight excluding hydrogens is 302 g/mol. The summed E-state index contributed by atoms with van der Waals surface area (Å²) in [5, 5.41) is 7.71. The molecule has 0 saturated heterocycles. The second-order valence-corrected chi connectivity index (χ2v) is 5.03. The summed E-state index contributed by atoms with van der Waals surface area (Å²) in [5.74, 6) is 2.20. The zero-order valence-corrected chi connectivity index (χ0v) is 12.9. The number of terminal acetylenes is 1. The zero-order valence-electron chi connectivity index (χ0n) is 12.2. The van der Waals surface area contributed by atoms with Crippen LogP contribution in [0, 0.1) is 19.3 Å². The van der Waals surface area contributed by atoms with E-state index < -0.39 is 0 Å². The molecule has 2 rings (SSSR count). The molecular formula is C16H16ClN3O2. The van der Waals surface area contributed by atoms with Crippen LogP contribution in [0.25, 0.3) is 5.69 Å². The number of nitrogens with zero attached hydrogens (tertiary/aromatic N) is 2. The van der Waals surface area contributed by atoms with Gasteiger partial charge in [0.15, 0.2) is 0 Å². The molecule has 1 aromatic heterocycles. The number of hydrogen-bond acceptors (Lipinski definition) is 3. The number of benzene rings is 1. The van der Waals surface area contributed by atoms with Gasteiger partial charge in [0, 0.05) is 5.02 Å². The smallest absolute Gasteiger partial charge is 0.226 e. The lowest BCUT2D eigenvalue weighted by molar-refractivity contribution is -0.117. The average Bonchev–Trinajstić information content (AvgIpc) is 2.85. The van der Waals surface area contributed by atoms with Crippen LogP contribution in [0.4, 0.5) is 5.69 Å². The first kappa shape index (κ1) is 16.1. The Balaban J connectivity index is 2.02. The number of carbonyl (C=O) groups is 1. The number of ether oxygens (including phenoxy) is 1. The number of aromatic nitrogens is 2. The quantitative estimate of drug-likeness (QED) is 0.658. The fourth-order valence-electron chi connectivity index (χ4n) is 1.91. The van der Waals surface area contributed by atoms with Crippen molar-refractivity contribution in [1.82, 2.24) is 9.78 Å². The molecule has 1 aromatic carbocycles. The van der Waals surface area contributed by atoms with Crippen LogP contribution in [0.1, 0.15) is 12.1 Å². The second-order valence-electron chi connectivity index (χ2n) is 4.59. The normalized spacial score (nSPS) is 10.2. The van der Waals surface area contributed by atoms with Gasteiger partial charge in [0.2, 0.25) is 5.91 Å². The molecule has 1 heterocycles. The number of anilines is 1. The Hall–Kier alpha value is -2.29. The Kier molecular flexibility index (Phi) is 5.59. The lowest BCUT2D eigenvalue weighted by Gasteiger charge is -2.07. The topological polar surface area (TPSA) is 56.1 Å². The van der Waals surface area contributed by atoms with Gasteiger partial charge in [-0.1, -0.05) is 23.6 Å². The van der Waals surface area contributed by atoms with Gasteiger partial charge in [-0.05, 0) is 25.1 Å². The third-order valence-corrected chi connectivity index (χ3v) is 3.23. The van der Waals surface area contributed by atoms with Gasteiger partial charge in [0.05, 0.1) is 36.3 Å². The van der Waals surface area contributed by atoms with Gasteiger partial charge in [0.25, 0.3) is 0 Å². The van der Waals surface area contributed by atoms with E-state index in [-0.39, 0.29) is 25.5 Å². The monoisotopic (exact) mass is 317 g/mol. The molecule has 0 radical (unpaired) electrons. The predicted molar refractivity (Wildman–Crippen MR) is 86.2 cm³/mol. The Morgan fingerprint density at radius 3 is 3.09 bits per heavy atom. The zero-order chi connectivity index (χ0) is 15.9. The molecule has 0 aliphatic rings. The summed E-state index contributed by atoms with van der Waals surface area (Å²) in [6, 6.07) is 7.34. The maximum absolute atomic E-state index is 11.8. The van der Waals surface area contributed by atoms with Gasteiger partial charge < -0.3 is 10.1 Å². The molecule has 1 N–H and O–H groups in total. The third-order valence-electron chi connectivity index (χ3n) is 3.00. The molecule has 5 nitrogen and oxygen atoms in total. The van der Waals surface area contributed by atoms with Gasteiger partial charge in [-0.25, -0.2) is 4.68 Å². The Morgan fingerprint density at radius 1 is 1.55 bits per heavy atom. The largest absolute Gasteiger partial charge is 0.368 e. The number of amides is 1. The minimum absolute atomic E-state index is 0.147. The lowest BCUT2D eigenvalue weighted by atomic mass is 10.3. The van der Waals surface area contributed by atoms with E-state index in [9.17, 15) is 4.79 Å². The van der Waals surface area contributed by atoms with E-state index in [1.807, 2.05) is 19.1 Å². The van der Waals surface area contributed by atoms with Crippen molar-refractivity contribution in [3.63, 3.8) is 0 Å². The van der Waals surface area contributed by atoms with Crippen molar-refractivity contribution in [3.05, 3.63) is 41.2 Å². The Morgan fingerprint density at radius 2 is 2.36 bits per heavy atom. The number of halogens is 1. The minimum atomic E-state index is -0.147. The van der Waals surface area contributed by atoms with E-state index in [0.29, 0.717) is 10.7 Å². The maximum Gasteiger partial charge on any atom is 0.226 e. The number of hydrogen-bond donors (Lipinski definition) is 1. The van der Waals surface area contributed by atoms with Gasteiger partial charge >= 0.3 is 0 Å². The molecule has 0 saturated carbocycles. The summed E-state index contributed by atoms with van der Waals surface area (Å²) in [5.41, 5.74) is 2.31. The summed E-state index contributed by atoms with van der Waals surface area (Å²) < 4.78 is 6.80. The molecule has 22 heavy (non-hydrogen) atoms. The molecule has 0 bridgehead atoms. The molecule has 0 spiro atoms. The number of rotatable bonds is 6. The highest BCUT2D eigenvalue weighted by Crippen LogP contribution is 2.20. The number of nitrogens with one attached hydrogen (secondary N) is 1. The lowest BCUT2D eigenvalue weighted by Crippen LogP contribution is -2.14. The predicted octanol–water partition coefficient (Wildman–Crippen LogP) is 2.81. The number of carbonyl (C=O) groups excluding carboxylic acids is 1. The highest BCUT2D eigenvalue weighted by molar-refractivity contribution is 6.30. The molecule has 1 amide bonds. The second kappa shape index (κ2) is 7.64. The van der Waals surface area contributed by atoms with Crippen LogP contribution in [0.3, 0.4) is 0 Å². The van der Waals surface area contributed by atoms with E-state index in [2.05, 4.69) is 16.3 Å².